The summed E-state index contributed by atoms with van der Waals surface area (Å²) in [6, 6.07) is 10.5. The number of aryl methyl sites for hydroxylation is 1. The number of benzene rings is 1. The van der Waals surface area contributed by atoms with E-state index in [0.29, 0.717) is 23.4 Å². The molecule has 10 heteroatoms. The van der Waals surface area contributed by atoms with E-state index in [1.165, 1.54) is 4.90 Å². The fourth-order valence-corrected chi connectivity index (χ4v) is 3.33. The molecule has 0 aliphatic heterocycles. The van der Waals surface area contributed by atoms with Gasteiger partial charge in [0.05, 0.1) is 29.4 Å². The number of hydrogen-bond donors (Lipinski definition) is 1. The molecule has 0 fully saturated rings. The Hall–Kier alpha value is -3.79. The summed E-state index contributed by atoms with van der Waals surface area (Å²) < 4.78 is 12.0. The van der Waals surface area contributed by atoms with Gasteiger partial charge in [-0.3, -0.25) is 19.3 Å². The van der Waals surface area contributed by atoms with Gasteiger partial charge in [-0.25, -0.2) is 9.97 Å². The number of amides is 1. The van der Waals surface area contributed by atoms with Crippen LogP contribution in [-0.2, 0) is 32.7 Å². The molecule has 35 heavy (non-hydrogen) atoms. The van der Waals surface area contributed by atoms with Crippen LogP contribution in [0.3, 0.4) is 0 Å². The minimum atomic E-state index is -0.697. The van der Waals surface area contributed by atoms with E-state index in [1.54, 1.807) is 57.3 Å². The molecule has 2 heterocycles. The molecule has 2 aromatic heterocycles. The van der Waals surface area contributed by atoms with Gasteiger partial charge in [0.1, 0.15) is 11.6 Å². The number of fused-ring (bicyclic) bond motifs is 1. The number of anilines is 1. The molecular formula is C25H31N5O5. The smallest absolute Gasteiger partial charge is 0.314 e. The van der Waals surface area contributed by atoms with Crippen LogP contribution in [0, 0.1) is 5.41 Å². The Morgan fingerprint density at radius 1 is 1.11 bits per heavy atom. The second kappa shape index (κ2) is 11.1. The zero-order valence-electron chi connectivity index (χ0n) is 20.7. The average molecular weight is 482 g/mol. The third kappa shape index (κ3) is 6.42. The van der Waals surface area contributed by atoms with Crippen LogP contribution in [0.25, 0.3) is 11.0 Å². The molecule has 1 amide bonds. The van der Waals surface area contributed by atoms with Crippen LogP contribution in [0.4, 0.5) is 5.82 Å². The van der Waals surface area contributed by atoms with Crippen LogP contribution in [0.1, 0.15) is 43.4 Å². The van der Waals surface area contributed by atoms with Crippen molar-refractivity contribution in [3.8, 4) is 0 Å². The highest BCUT2D eigenvalue weighted by molar-refractivity contribution is 6.07. The van der Waals surface area contributed by atoms with Crippen molar-refractivity contribution in [3.05, 3.63) is 54.0 Å². The molecule has 186 valence electrons. The predicted molar refractivity (Wildman–Crippen MR) is 131 cm³/mol. The van der Waals surface area contributed by atoms with Crippen molar-refractivity contribution in [3.63, 3.8) is 0 Å². The van der Waals surface area contributed by atoms with Crippen molar-refractivity contribution in [1.29, 1.82) is 0 Å². The third-order valence-electron chi connectivity index (χ3n) is 5.29. The van der Waals surface area contributed by atoms with Crippen molar-refractivity contribution < 1.29 is 23.9 Å². The van der Waals surface area contributed by atoms with Gasteiger partial charge in [-0.2, -0.15) is 0 Å². The number of pyridine rings is 1. The maximum absolute atomic E-state index is 13.5. The zero-order valence-corrected chi connectivity index (χ0v) is 20.7. The van der Waals surface area contributed by atoms with Crippen molar-refractivity contribution >= 4 is 34.7 Å². The summed E-state index contributed by atoms with van der Waals surface area (Å²) in [6.45, 7) is 5.28. The van der Waals surface area contributed by atoms with Gasteiger partial charge in [0.25, 0.3) is 5.91 Å². The van der Waals surface area contributed by atoms with Crippen LogP contribution in [0.5, 0.6) is 0 Å². The van der Waals surface area contributed by atoms with Crippen LogP contribution < -0.4 is 10.2 Å². The first-order chi connectivity index (χ1) is 16.6. The summed E-state index contributed by atoms with van der Waals surface area (Å²) in [7, 11) is 3.77. The Morgan fingerprint density at radius 3 is 2.54 bits per heavy atom. The van der Waals surface area contributed by atoms with E-state index in [4.69, 9.17) is 9.47 Å². The Balaban J connectivity index is 1.73. The molecule has 0 atom stereocenters. The fraction of sp³-hybridized carbons (Fsp3) is 0.400. The third-order valence-corrected chi connectivity index (χ3v) is 5.29. The second-order valence-electron chi connectivity index (χ2n) is 9.03. The van der Waals surface area contributed by atoms with E-state index < -0.39 is 24.1 Å². The van der Waals surface area contributed by atoms with E-state index in [1.807, 2.05) is 24.7 Å². The molecule has 3 aromatic rings. The van der Waals surface area contributed by atoms with Gasteiger partial charge in [0.2, 0.25) is 6.79 Å². The van der Waals surface area contributed by atoms with Crippen molar-refractivity contribution in [2.45, 2.75) is 33.7 Å². The van der Waals surface area contributed by atoms with Crippen molar-refractivity contribution in [2.24, 2.45) is 12.5 Å². The first-order valence-corrected chi connectivity index (χ1v) is 11.3. The Kier molecular flexibility index (Phi) is 8.18. The van der Waals surface area contributed by atoms with Crippen LogP contribution >= 0.6 is 0 Å². The van der Waals surface area contributed by atoms with Gasteiger partial charge < -0.3 is 19.4 Å². The van der Waals surface area contributed by atoms with Gasteiger partial charge in [-0.1, -0.05) is 6.07 Å². The van der Waals surface area contributed by atoms with Crippen LogP contribution in [0.2, 0.25) is 0 Å². The molecule has 0 aliphatic carbocycles. The van der Waals surface area contributed by atoms with E-state index in [9.17, 15) is 14.4 Å². The molecule has 0 spiro atoms. The largest absolute Gasteiger partial charge is 0.428 e. The minimum absolute atomic E-state index is 0.0349. The molecule has 0 unspecified atom stereocenters. The summed E-state index contributed by atoms with van der Waals surface area (Å²) >= 11 is 0. The lowest BCUT2D eigenvalue weighted by atomic mass is 9.98. The molecule has 1 aromatic carbocycles. The summed E-state index contributed by atoms with van der Waals surface area (Å²) in [4.78, 5) is 47.8. The lowest BCUT2D eigenvalue weighted by Crippen LogP contribution is -2.34. The fourth-order valence-electron chi connectivity index (χ4n) is 3.33. The van der Waals surface area contributed by atoms with E-state index in [0.717, 1.165) is 11.3 Å². The Labute approximate surface area is 204 Å². The highest BCUT2D eigenvalue weighted by Crippen LogP contribution is 2.21. The molecular weight excluding hydrogens is 450 g/mol. The monoisotopic (exact) mass is 481 g/mol. The van der Waals surface area contributed by atoms with Gasteiger partial charge in [-0.15, -0.1) is 0 Å². The van der Waals surface area contributed by atoms with Crippen LogP contribution in [-0.4, -0.2) is 52.8 Å². The van der Waals surface area contributed by atoms with E-state index in [-0.39, 0.29) is 18.9 Å². The number of nitrogens with zero attached hydrogens (tertiary/aromatic N) is 4. The van der Waals surface area contributed by atoms with Gasteiger partial charge >= 0.3 is 11.9 Å². The SMILES string of the molecule is CNCc1nc2cc(C(=O)N(CCC(=O)OCOC(=O)C(C)(C)C)c3ccccn3)ccc2n1C. The van der Waals surface area contributed by atoms with E-state index in [2.05, 4.69) is 15.3 Å². The molecule has 0 saturated carbocycles. The maximum Gasteiger partial charge on any atom is 0.314 e. The number of imidazole rings is 1. The maximum atomic E-state index is 13.5. The summed E-state index contributed by atoms with van der Waals surface area (Å²) in [5.74, 6) is -0.140. The number of aromatic nitrogens is 3. The number of ether oxygens (including phenoxy) is 2. The number of carbonyl (C=O) groups excluding carboxylic acids is 3. The Morgan fingerprint density at radius 2 is 1.89 bits per heavy atom. The summed E-state index contributed by atoms with van der Waals surface area (Å²) in [5.41, 5.74) is 1.33. The van der Waals surface area contributed by atoms with Gasteiger partial charge in [0, 0.05) is 25.4 Å². The van der Waals surface area contributed by atoms with Gasteiger partial charge in [-0.05, 0) is 58.2 Å². The quantitative estimate of drug-likeness (QED) is 0.366. The number of hydrogen-bond acceptors (Lipinski definition) is 8. The highest BCUT2D eigenvalue weighted by Gasteiger charge is 2.24. The number of nitrogens with one attached hydrogen (secondary N) is 1. The highest BCUT2D eigenvalue weighted by atomic mass is 16.7. The molecule has 10 nitrogen and oxygen atoms in total. The molecule has 3 rings (SSSR count). The molecule has 0 saturated heterocycles. The van der Waals surface area contributed by atoms with Crippen molar-refractivity contribution in [2.75, 3.05) is 25.3 Å². The molecule has 1 N–H and O–H groups in total. The zero-order chi connectivity index (χ0) is 25.6. The molecule has 0 aliphatic rings. The van der Waals surface area contributed by atoms with E-state index >= 15 is 0 Å². The topological polar surface area (TPSA) is 116 Å². The number of carbonyl (C=O) groups is 3. The lowest BCUT2D eigenvalue weighted by molar-refractivity contribution is -0.173. The number of rotatable bonds is 9. The average Bonchev–Trinajstić information content (AvgIpc) is 3.14. The normalized spacial score (nSPS) is 11.3. The standard InChI is InChI=1S/C25H31N5O5/c1-25(2,3)24(33)35-16-34-22(31)11-13-30(20-8-6-7-12-27-20)23(32)17-9-10-19-18(14-17)28-21(15-26-4)29(19)5/h6-10,12,14,26H,11,13,15-16H2,1-5H3. The first-order valence-electron chi connectivity index (χ1n) is 11.3. The Bertz CT molecular complexity index is 1200. The molecule has 0 radical (unpaired) electrons. The first kappa shape index (κ1) is 25.8. The van der Waals surface area contributed by atoms with Crippen LogP contribution in [0.15, 0.2) is 42.6 Å². The summed E-state index contributed by atoms with van der Waals surface area (Å²) in [5, 5.41) is 3.08. The van der Waals surface area contributed by atoms with Crippen molar-refractivity contribution in [1.82, 2.24) is 19.9 Å². The molecule has 0 bridgehead atoms. The van der Waals surface area contributed by atoms with Gasteiger partial charge in [0.15, 0.2) is 0 Å². The number of esters is 2. The second-order valence-corrected chi connectivity index (χ2v) is 9.03. The predicted octanol–water partition coefficient (Wildman–Crippen LogP) is 2.81. The lowest BCUT2D eigenvalue weighted by Gasteiger charge is -2.21. The summed E-state index contributed by atoms with van der Waals surface area (Å²) in [6.07, 6.45) is 1.47. The minimum Gasteiger partial charge on any atom is -0.428 e.